The lowest BCUT2D eigenvalue weighted by molar-refractivity contribution is 0.793. The van der Waals surface area contributed by atoms with Crippen molar-refractivity contribution in [1.82, 2.24) is 9.78 Å². The molecule has 25 heavy (non-hydrogen) atoms. The van der Waals surface area contributed by atoms with Gasteiger partial charge in [-0.25, -0.2) is 0 Å². The Morgan fingerprint density at radius 1 is 1.08 bits per heavy atom. The molecular weight excluding hydrogens is 425 g/mol. The summed E-state index contributed by atoms with van der Waals surface area (Å²) in [6, 6.07) is 15.0. The summed E-state index contributed by atoms with van der Waals surface area (Å²) in [6.07, 6.45) is 1.57. The maximum absolute atomic E-state index is 12.7. The number of hydrogen-bond acceptors (Lipinski definition) is 3. The molecule has 0 saturated heterocycles. The van der Waals surface area contributed by atoms with E-state index in [2.05, 4.69) is 26.3 Å². The van der Waals surface area contributed by atoms with Gasteiger partial charge < -0.3 is 5.32 Å². The number of hydrogen-bond donors (Lipinski definition) is 1. The first-order valence-electron chi connectivity index (χ1n) is 7.52. The summed E-state index contributed by atoms with van der Waals surface area (Å²) in [4.78, 5) is 12.7. The van der Waals surface area contributed by atoms with Crippen LogP contribution in [0.1, 0.15) is 18.5 Å². The van der Waals surface area contributed by atoms with Crippen molar-refractivity contribution in [3.8, 4) is 5.69 Å². The van der Waals surface area contributed by atoms with Crippen molar-refractivity contribution in [3.05, 3.63) is 85.2 Å². The van der Waals surface area contributed by atoms with Gasteiger partial charge in [0.1, 0.15) is 10.2 Å². The predicted octanol–water partition coefficient (Wildman–Crippen LogP) is 5.47. The number of rotatable bonds is 4. The zero-order valence-corrected chi connectivity index (χ0v) is 16.3. The summed E-state index contributed by atoms with van der Waals surface area (Å²) < 4.78 is 1.55. The van der Waals surface area contributed by atoms with Crippen LogP contribution in [0.5, 0.6) is 0 Å². The standard InChI is InChI=1S/C18H14BrCl2N3O/c1-11(12-6-3-2-4-7-12)23-15-10-22-24(18(25)16(15)19)17-13(20)8-5-9-14(17)21/h2-11,23H,1H3. The zero-order valence-electron chi connectivity index (χ0n) is 13.2. The van der Waals surface area contributed by atoms with Gasteiger partial charge in [0.2, 0.25) is 0 Å². The highest BCUT2D eigenvalue weighted by atomic mass is 79.9. The van der Waals surface area contributed by atoms with Crippen LogP contribution in [0.15, 0.2) is 64.0 Å². The van der Waals surface area contributed by atoms with Crippen LogP contribution >= 0.6 is 39.1 Å². The average molecular weight is 439 g/mol. The molecule has 1 aromatic heterocycles. The van der Waals surface area contributed by atoms with E-state index in [0.29, 0.717) is 25.9 Å². The summed E-state index contributed by atoms with van der Waals surface area (Å²) in [6.45, 7) is 2.01. The van der Waals surface area contributed by atoms with E-state index in [0.717, 1.165) is 5.56 Å². The van der Waals surface area contributed by atoms with Crippen LogP contribution in [0, 0.1) is 0 Å². The fourth-order valence-electron chi connectivity index (χ4n) is 2.44. The average Bonchev–Trinajstić information content (AvgIpc) is 2.61. The monoisotopic (exact) mass is 437 g/mol. The highest BCUT2D eigenvalue weighted by molar-refractivity contribution is 9.10. The van der Waals surface area contributed by atoms with Gasteiger partial charge in [0.25, 0.3) is 5.56 Å². The van der Waals surface area contributed by atoms with E-state index in [9.17, 15) is 4.79 Å². The first-order valence-corrected chi connectivity index (χ1v) is 9.07. The maximum atomic E-state index is 12.7. The Labute approximate surface area is 163 Å². The Kier molecular flexibility index (Phi) is 5.47. The maximum Gasteiger partial charge on any atom is 0.288 e. The van der Waals surface area contributed by atoms with E-state index in [1.54, 1.807) is 24.4 Å². The second-order valence-corrected chi connectivity index (χ2v) is 7.04. The molecule has 0 aliphatic heterocycles. The summed E-state index contributed by atoms with van der Waals surface area (Å²) in [5.41, 5.74) is 1.72. The van der Waals surface area contributed by atoms with Crippen molar-refractivity contribution in [3.63, 3.8) is 0 Å². The fraction of sp³-hybridized carbons (Fsp3) is 0.111. The van der Waals surface area contributed by atoms with Crippen LogP contribution in [0.4, 0.5) is 5.69 Å². The van der Waals surface area contributed by atoms with Crippen molar-refractivity contribution in [2.24, 2.45) is 0 Å². The highest BCUT2D eigenvalue weighted by Gasteiger charge is 2.16. The topological polar surface area (TPSA) is 46.9 Å². The molecule has 1 unspecified atom stereocenters. The summed E-state index contributed by atoms with van der Waals surface area (Å²) in [5, 5.41) is 8.22. The number of nitrogens with one attached hydrogen (secondary N) is 1. The third kappa shape index (κ3) is 3.73. The first kappa shape index (κ1) is 18.0. The molecule has 3 rings (SSSR count). The molecule has 1 N–H and O–H groups in total. The zero-order chi connectivity index (χ0) is 18.0. The van der Waals surface area contributed by atoms with Crippen LogP contribution in [0.3, 0.4) is 0 Å². The van der Waals surface area contributed by atoms with E-state index in [-0.39, 0.29) is 11.6 Å². The van der Waals surface area contributed by atoms with E-state index in [4.69, 9.17) is 23.2 Å². The molecule has 3 aromatic rings. The number of benzene rings is 2. The summed E-state index contributed by atoms with van der Waals surface area (Å²) in [7, 11) is 0. The van der Waals surface area contributed by atoms with Gasteiger partial charge in [-0.1, -0.05) is 59.6 Å². The minimum absolute atomic E-state index is 0.0125. The molecule has 4 nitrogen and oxygen atoms in total. The van der Waals surface area contributed by atoms with E-state index in [1.165, 1.54) is 4.68 Å². The molecule has 0 amide bonds. The Balaban J connectivity index is 1.98. The number of aromatic nitrogens is 2. The molecule has 0 aliphatic carbocycles. The Bertz CT molecular complexity index is 940. The number of halogens is 3. The molecule has 1 atom stereocenters. The van der Waals surface area contributed by atoms with Gasteiger partial charge in [-0.15, -0.1) is 0 Å². The van der Waals surface area contributed by atoms with Gasteiger partial charge in [0, 0.05) is 6.04 Å². The molecule has 0 aliphatic rings. The van der Waals surface area contributed by atoms with Crippen LogP contribution in [-0.2, 0) is 0 Å². The van der Waals surface area contributed by atoms with E-state index < -0.39 is 0 Å². The lowest BCUT2D eigenvalue weighted by atomic mass is 10.1. The molecule has 1 heterocycles. The molecule has 7 heteroatoms. The molecule has 0 spiro atoms. The van der Waals surface area contributed by atoms with Gasteiger partial charge in [-0.05, 0) is 40.5 Å². The quantitative estimate of drug-likeness (QED) is 0.586. The van der Waals surface area contributed by atoms with Crippen molar-refractivity contribution >= 4 is 44.8 Å². The number of para-hydroxylation sites is 1. The minimum Gasteiger partial charge on any atom is -0.376 e. The Morgan fingerprint density at radius 3 is 2.36 bits per heavy atom. The molecule has 0 radical (unpaired) electrons. The van der Waals surface area contributed by atoms with Gasteiger partial charge in [0.15, 0.2) is 0 Å². The summed E-state index contributed by atoms with van der Waals surface area (Å²) in [5.74, 6) is 0. The smallest absolute Gasteiger partial charge is 0.288 e. The Morgan fingerprint density at radius 2 is 1.72 bits per heavy atom. The predicted molar refractivity (Wildman–Crippen MR) is 106 cm³/mol. The first-order chi connectivity index (χ1) is 12.0. The van der Waals surface area contributed by atoms with Gasteiger partial charge >= 0.3 is 0 Å². The lowest BCUT2D eigenvalue weighted by Crippen LogP contribution is -2.24. The van der Waals surface area contributed by atoms with Crippen molar-refractivity contribution < 1.29 is 0 Å². The highest BCUT2D eigenvalue weighted by Crippen LogP contribution is 2.28. The van der Waals surface area contributed by atoms with Gasteiger partial charge in [-0.3, -0.25) is 4.79 Å². The molecule has 0 saturated carbocycles. The SMILES string of the molecule is CC(Nc1cnn(-c2c(Cl)cccc2Cl)c(=O)c1Br)c1ccccc1. The van der Waals surface area contributed by atoms with Crippen LogP contribution < -0.4 is 10.9 Å². The van der Waals surface area contributed by atoms with Crippen molar-refractivity contribution in [2.45, 2.75) is 13.0 Å². The molecule has 2 aromatic carbocycles. The van der Waals surface area contributed by atoms with Crippen molar-refractivity contribution in [2.75, 3.05) is 5.32 Å². The number of anilines is 1. The summed E-state index contributed by atoms with van der Waals surface area (Å²) >= 11 is 15.7. The normalized spacial score (nSPS) is 12.0. The third-order valence-corrected chi connectivity index (χ3v) is 5.12. The molecule has 0 fully saturated rings. The lowest BCUT2D eigenvalue weighted by Gasteiger charge is -2.17. The fourth-order valence-corrected chi connectivity index (χ4v) is 3.38. The largest absolute Gasteiger partial charge is 0.376 e. The third-order valence-electron chi connectivity index (χ3n) is 3.74. The van der Waals surface area contributed by atoms with Gasteiger partial charge in [-0.2, -0.15) is 9.78 Å². The van der Waals surface area contributed by atoms with E-state index in [1.807, 2.05) is 37.3 Å². The molecule has 0 bridgehead atoms. The number of nitrogens with zero attached hydrogens (tertiary/aromatic N) is 2. The minimum atomic E-state index is -0.347. The molecule has 128 valence electrons. The van der Waals surface area contributed by atoms with Crippen LogP contribution in [0.25, 0.3) is 5.69 Å². The second kappa shape index (κ2) is 7.60. The van der Waals surface area contributed by atoms with Crippen LogP contribution in [-0.4, -0.2) is 9.78 Å². The molecular formula is C18H14BrCl2N3O. The van der Waals surface area contributed by atoms with E-state index >= 15 is 0 Å². The Hall–Kier alpha value is -1.82. The van der Waals surface area contributed by atoms with Crippen molar-refractivity contribution in [1.29, 1.82) is 0 Å². The second-order valence-electron chi connectivity index (χ2n) is 5.44. The van der Waals surface area contributed by atoms with Crippen LogP contribution in [0.2, 0.25) is 10.0 Å². The van der Waals surface area contributed by atoms with Gasteiger partial charge in [0.05, 0.1) is 21.9 Å².